The van der Waals surface area contributed by atoms with E-state index in [1.807, 2.05) is 36.4 Å². The number of unbranched alkanes of at least 4 members (excludes halogenated alkanes) is 1. The van der Waals surface area contributed by atoms with Crippen LogP contribution >= 0.6 is 0 Å². The van der Waals surface area contributed by atoms with Gasteiger partial charge in [0.1, 0.15) is 0 Å². The molecule has 1 spiro atoms. The van der Waals surface area contributed by atoms with Gasteiger partial charge >= 0.3 is 0 Å². The van der Waals surface area contributed by atoms with Crippen molar-refractivity contribution in [2.24, 2.45) is 0 Å². The first kappa shape index (κ1) is 16.3. The molecule has 0 N–H and O–H groups in total. The van der Waals surface area contributed by atoms with E-state index >= 15 is 0 Å². The van der Waals surface area contributed by atoms with Crippen molar-refractivity contribution in [1.29, 1.82) is 0 Å². The highest BCUT2D eigenvalue weighted by atomic mass is 16.7. The molecule has 25 heavy (non-hydrogen) atoms. The molecule has 0 saturated carbocycles. The van der Waals surface area contributed by atoms with Crippen molar-refractivity contribution in [2.75, 3.05) is 18.1 Å². The molecule has 0 radical (unpaired) electrons. The summed E-state index contributed by atoms with van der Waals surface area (Å²) in [4.78, 5) is 15.0. The Morgan fingerprint density at radius 3 is 2.52 bits per heavy atom. The fraction of sp³-hybridized carbons (Fsp3) is 0.381. The number of carbonyl (C=O) groups excluding carboxylic acids is 1. The van der Waals surface area contributed by atoms with Gasteiger partial charge in [0.05, 0.1) is 25.4 Å². The summed E-state index contributed by atoms with van der Waals surface area (Å²) in [5, 5.41) is 0. The Kier molecular flexibility index (Phi) is 4.32. The van der Waals surface area contributed by atoms with E-state index in [0.29, 0.717) is 19.8 Å². The Labute approximate surface area is 148 Å². The predicted molar refractivity (Wildman–Crippen MR) is 96.3 cm³/mol. The number of anilines is 1. The molecule has 130 valence electrons. The minimum atomic E-state index is -1.24. The number of amides is 1. The molecule has 0 unspecified atom stereocenters. The number of fused-ring (bicyclic) bond motifs is 2. The SMILES string of the molecule is CCCCc1ccc2c(c1)C1(OCCO1)C(=O)N2Cc1ccccc1. The minimum absolute atomic E-state index is 0.114. The molecule has 4 rings (SSSR count). The number of nitrogens with zero attached hydrogens (tertiary/aromatic N) is 1. The highest BCUT2D eigenvalue weighted by molar-refractivity contribution is 6.06. The molecule has 2 aliphatic heterocycles. The quantitative estimate of drug-likeness (QED) is 0.833. The lowest BCUT2D eigenvalue weighted by molar-refractivity contribution is -0.180. The Bertz CT molecular complexity index is 766. The zero-order chi connectivity index (χ0) is 17.3. The van der Waals surface area contributed by atoms with Crippen LogP contribution in [0.25, 0.3) is 0 Å². The van der Waals surface area contributed by atoms with Gasteiger partial charge in [0.25, 0.3) is 11.7 Å². The smallest absolute Gasteiger partial charge is 0.292 e. The molecule has 0 bridgehead atoms. The number of carbonyl (C=O) groups is 1. The minimum Gasteiger partial charge on any atom is -0.336 e. The molecule has 1 amide bonds. The molecule has 1 fully saturated rings. The number of rotatable bonds is 5. The zero-order valence-corrected chi connectivity index (χ0v) is 14.5. The third-order valence-electron chi connectivity index (χ3n) is 4.93. The third kappa shape index (κ3) is 2.75. The molecule has 4 nitrogen and oxygen atoms in total. The number of hydrogen-bond acceptors (Lipinski definition) is 3. The first-order valence-corrected chi connectivity index (χ1v) is 9.02. The van der Waals surface area contributed by atoms with Crippen LogP contribution in [0.15, 0.2) is 48.5 Å². The van der Waals surface area contributed by atoms with E-state index in [2.05, 4.69) is 19.1 Å². The van der Waals surface area contributed by atoms with Crippen LogP contribution in [0.1, 0.15) is 36.5 Å². The summed E-state index contributed by atoms with van der Waals surface area (Å²) in [7, 11) is 0. The van der Waals surface area contributed by atoms with Gasteiger partial charge in [-0.15, -0.1) is 0 Å². The van der Waals surface area contributed by atoms with E-state index in [-0.39, 0.29) is 5.91 Å². The van der Waals surface area contributed by atoms with Gasteiger partial charge in [-0.3, -0.25) is 4.79 Å². The first-order valence-electron chi connectivity index (χ1n) is 9.02. The topological polar surface area (TPSA) is 38.8 Å². The van der Waals surface area contributed by atoms with Crippen molar-refractivity contribution in [2.45, 2.75) is 38.5 Å². The second-order valence-electron chi connectivity index (χ2n) is 6.65. The van der Waals surface area contributed by atoms with E-state index in [1.54, 1.807) is 4.90 Å². The summed E-state index contributed by atoms with van der Waals surface area (Å²) in [5.74, 6) is -1.36. The van der Waals surface area contributed by atoms with Gasteiger partial charge in [-0.2, -0.15) is 0 Å². The summed E-state index contributed by atoms with van der Waals surface area (Å²) in [6.07, 6.45) is 3.29. The van der Waals surface area contributed by atoms with Crippen LogP contribution < -0.4 is 4.90 Å². The molecule has 4 heteroatoms. The molecule has 2 heterocycles. The number of benzene rings is 2. The van der Waals surface area contributed by atoms with Gasteiger partial charge in [-0.25, -0.2) is 0 Å². The zero-order valence-electron chi connectivity index (χ0n) is 14.5. The maximum atomic E-state index is 13.2. The summed E-state index contributed by atoms with van der Waals surface area (Å²) in [5.41, 5.74) is 4.08. The fourth-order valence-electron chi connectivity index (χ4n) is 3.64. The van der Waals surface area contributed by atoms with Crippen molar-refractivity contribution >= 4 is 11.6 Å². The van der Waals surface area contributed by atoms with Crippen molar-refractivity contribution in [3.05, 3.63) is 65.2 Å². The molecule has 2 aromatic rings. The van der Waals surface area contributed by atoms with Gasteiger partial charge < -0.3 is 14.4 Å². The third-order valence-corrected chi connectivity index (χ3v) is 4.93. The summed E-state index contributed by atoms with van der Waals surface area (Å²) in [6.45, 7) is 3.60. The average molecular weight is 337 g/mol. The summed E-state index contributed by atoms with van der Waals surface area (Å²) in [6, 6.07) is 16.3. The van der Waals surface area contributed by atoms with Gasteiger partial charge in [0.15, 0.2) is 0 Å². The molecule has 0 aliphatic carbocycles. The Morgan fingerprint density at radius 1 is 1.04 bits per heavy atom. The molecular weight excluding hydrogens is 314 g/mol. The molecule has 2 aromatic carbocycles. The largest absolute Gasteiger partial charge is 0.336 e. The molecular formula is C21H23NO3. The number of ether oxygens (including phenoxy) is 2. The van der Waals surface area contributed by atoms with E-state index in [1.165, 1.54) is 5.56 Å². The normalized spacial score (nSPS) is 18.1. The fourth-order valence-corrected chi connectivity index (χ4v) is 3.64. The monoisotopic (exact) mass is 337 g/mol. The Hall–Kier alpha value is -2.17. The van der Waals surface area contributed by atoms with E-state index in [0.717, 1.165) is 36.1 Å². The second-order valence-corrected chi connectivity index (χ2v) is 6.65. The van der Waals surface area contributed by atoms with Gasteiger partial charge in [-0.05, 0) is 36.1 Å². The standard InChI is InChI=1S/C21H23NO3/c1-2-3-7-16-10-11-19-18(14-16)21(24-12-13-25-21)20(23)22(19)15-17-8-5-4-6-9-17/h4-6,8-11,14H,2-3,7,12-13,15H2,1H3. The molecule has 1 saturated heterocycles. The second kappa shape index (κ2) is 6.62. The van der Waals surface area contributed by atoms with Crippen molar-refractivity contribution < 1.29 is 14.3 Å². The molecule has 2 aliphatic rings. The van der Waals surface area contributed by atoms with Crippen molar-refractivity contribution in [1.82, 2.24) is 0 Å². The van der Waals surface area contributed by atoms with Crippen LogP contribution in [-0.2, 0) is 33.0 Å². The first-order chi connectivity index (χ1) is 12.2. The molecule has 0 atom stereocenters. The van der Waals surface area contributed by atoms with Gasteiger partial charge in [-0.1, -0.05) is 49.7 Å². The van der Waals surface area contributed by atoms with Crippen LogP contribution in [0.4, 0.5) is 5.69 Å². The van der Waals surface area contributed by atoms with Crippen molar-refractivity contribution in [3.63, 3.8) is 0 Å². The summed E-state index contributed by atoms with van der Waals surface area (Å²) < 4.78 is 11.7. The van der Waals surface area contributed by atoms with E-state index in [9.17, 15) is 4.79 Å². The number of hydrogen-bond donors (Lipinski definition) is 0. The van der Waals surface area contributed by atoms with E-state index < -0.39 is 5.79 Å². The van der Waals surface area contributed by atoms with E-state index in [4.69, 9.17) is 9.47 Å². The lowest BCUT2D eigenvalue weighted by Gasteiger charge is -2.22. The van der Waals surface area contributed by atoms with Gasteiger partial charge in [0, 0.05) is 5.56 Å². The Morgan fingerprint density at radius 2 is 1.80 bits per heavy atom. The van der Waals surface area contributed by atoms with Crippen LogP contribution in [0.2, 0.25) is 0 Å². The number of aryl methyl sites for hydroxylation is 1. The lowest BCUT2D eigenvalue weighted by atomic mass is 10.0. The maximum absolute atomic E-state index is 13.2. The molecule has 0 aromatic heterocycles. The lowest BCUT2D eigenvalue weighted by Crippen LogP contribution is -2.40. The Balaban J connectivity index is 1.73. The van der Waals surface area contributed by atoms with Gasteiger partial charge in [0.2, 0.25) is 0 Å². The van der Waals surface area contributed by atoms with Crippen molar-refractivity contribution in [3.8, 4) is 0 Å². The van der Waals surface area contributed by atoms with Crippen LogP contribution in [0.5, 0.6) is 0 Å². The van der Waals surface area contributed by atoms with Crippen LogP contribution in [0.3, 0.4) is 0 Å². The average Bonchev–Trinajstić information content (AvgIpc) is 3.22. The predicted octanol–water partition coefficient (Wildman–Crippen LogP) is 3.78. The van der Waals surface area contributed by atoms with Crippen LogP contribution in [-0.4, -0.2) is 19.1 Å². The highest BCUT2D eigenvalue weighted by Gasteiger charge is 2.56. The highest BCUT2D eigenvalue weighted by Crippen LogP contribution is 2.46. The summed E-state index contributed by atoms with van der Waals surface area (Å²) >= 11 is 0. The van der Waals surface area contributed by atoms with Crippen LogP contribution in [0, 0.1) is 0 Å². The maximum Gasteiger partial charge on any atom is 0.292 e.